The van der Waals surface area contributed by atoms with Crippen molar-refractivity contribution in [1.29, 1.82) is 0 Å². The van der Waals surface area contributed by atoms with E-state index in [0.717, 1.165) is 28.5 Å². The first-order valence-electron chi connectivity index (χ1n) is 6.14. The summed E-state index contributed by atoms with van der Waals surface area (Å²) in [6, 6.07) is 6.51. The third-order valence-corrected chi connectivity index (χ3v) is 3.65. The molecule has 1 heterocycles. The van der Waals surface area contributed by atoms with Crippen molar-refractivity contribution in [3.05, 3.63) is 40.7 Å². The molecule has 5 heteroatoms. The van der Waals surface area contributed by atoms with Crippen LogP contribution in [0.15, 0.2) is 24.4 Å². The molecule has 2 aromatic rings. The summed E-state index contributed by atoms with van der Waals surface area (Å²) >= 11 is 6.14. The number of aromatic nitrogens is 3. The van der Waals surface area contributed by atoms with Crippen molar-refractivity contribution >= 4 is 11.6 Å². The van der Waals surface area contributed by atoms with Crippen LogP contribution in [0, 0.1) is 6.92 Å². The molecule has 4 nitrogen and oxygen atoms in total. The molecule has 0 saturated heterocycles. The van der Waals surface area contributed by atoms with Gasteiger partial charge in [0.2, 0.25) is 0 Å². The quantitative estimate of drug-likeness (QED) is 0.921. The maximum Gasteiger partial charge on any atom is 0.0783 e. The Labute approximate surface area is 111 Å². The zero-order chi connectivity index (χ0) is 12.5. The van der Waals surface area contributed by atoms with Crippen molar-refractivity contribution in [3.63, 3.8) is 0 Å². The first-order chi connectivity index (χ1) is 8.75. The Morgan fingerprint density at radius 2 is 2.28 bits per heavy atom. The first-order valence-corrected chi connectivity index (χ1v) is 6.52. The summed E-state index contributed by atoms with van der Waals surface area (Å²) in [6.45, 7) is 2.79. The second kappa shape index (κ2) is 4.71. The molecule has 0 radical (unpaired) electrons. The van der Waals surface area contributed by atoms with E-state index >= 15 is 0 Å². The van der Waals surface area contributed by atoms with Gasteiger partial charge in [0.15, 0.2) is 0 Å². The van der Waals surface area contributed by atoms with Crippen molar-refractivity contribution in [2.24, 2.45) is 0 Å². The van der Waals surface area contributed by atoms with E-state index in [9.17, 15) is 0 Å². The highest BCUT2D eigenvalue weighted by molar-refractivity contribution is 6.31. The van der Waals surface area contributed by atoms with Gasteiger partial charge in [-0.1, -0.05) is 22.9 Å². The van der Waals surface area contributed by atoms with Gasteiger partial charge in [0.1, 0.15) is 0 Å². The minimum Gasteiger partial charge on any atom is -0.308 e. The van der Waals surface area contributed by atoms with E-state index in [2.05, 4.69) is 15.6 Å². The molecule has 1 aliphatic carbocycles. The summed E-state index contributed by atoms with van der Waals surface area (Å²) in [5.74, 6) is 0. The van der Waals surface area contributed by atoms with Gasteiger partial charge in [0, 0.05) is 17.6 Å². The topological polar surface area (TPSA) is 42.7 Å². The summed E-state index contributed by atoms with van der Waals surface area (Å²) in [4.78, 5) is 0. The average Bonchev–Trinajstić information content (AvgIpc) is 3.08. The van der Waals surface area contributed by atoms with Crippen molar-refractivity contribution < 1.29 is 0 Å². The molecule has 0 spiro atoms. The predicted octanol–water partition coefficient (Wildman–Crippen LogP) is 2.48. The molecular weight excluding hydrogens is 248 g/mol. The van der Waals surface area contributed by atoms with Crippen LogP contribution in [0.5, 0.6) is 0 Å². The molecule has 1 N–H and O–H groups in total. The lowest BCUT2D eigenvalue weighted by molar-refractivity contribution is 0.646. The Kier molecular flexibility index (Phi) is 3.06. The fourth-order valence-electron chi connectivity index (χ4n) is 1.94. The second-order valence-electron chi connectivity index (χ2n) is 4.68. The molecule has 0 atom stereocenters. The number of nitrogens with one attached hydrogen (secondary N) is 1. The highest BCUT2D eigenvalue weighted by Crippen LogP contribution is 2.23. The Morgan fingerprint density at radius 1 is 1.44 bits per heavy atom. The molecule has 1 fully saturated rings. The number of hydrogen-bond donors (Lipinski definition) is 1. The van der Waals surface area contributed by atoms with Crippen LogP contribution in [0.1, 0.15) is 24.1 Å². The fourth-order valence-corrected chi connectivity index (χ4v) is 2.11. The van der Waals surface area contributed by atoms with E-state index in [1.54, 1.807) is 6.20 Å². The van der Waals surface area contributed by atoms with E-state index in [1.807, 2.05) is 29.8 Å². The molecule has 0 bridgehead atoms. The maximum atomic E-state index is 6.14. The minimum absolute atomic E-state index is 0.675. The van der Waals surface area contributed by atoms with Gasteiger partial charge in [0.05, 0.1) is 17.6 Å². The van der Waals surface area contributed by atoms with Gasteiger partial charge in [0.25, 0.3) is 0 Å². The van der Waals surface area contributed by atoms with Gasteiger partial charge in [-0.05, 0) is 37.5 Å². The summed E-state index contributed by atoms with van der Waals surface area (Å²) < 4.78 is 1.86. The van der Waals surface area contributed by atoms with Crippen LogP contribution in [-0.4, -0.2) is 21.0 Å². The Morgan fingerprint density at radius 3 is 3.06 bits per heavy atom. The highest BCUT2D eigenvalue weighted by atomic mass is 35.5. The number of halogens is 1. The Hall–Kier alpha value is -1.39. The van der Waals surface area contributed by atoms with Crippen LogP contribution >= 0.6 is 11.6 Å². The van der Waals surface area contributed by atoms with Gasteiger partial charge in [-0.3, -0.25) is 0 Å². The molecule has 1 aliphatic rings. The van der Waals surface area contributed by atoms with Crippen LogP contribution in [-0.2, 0) is 6.54 Å². The number of benzene rings is 1. The zero-order valence-corrected chi connectivity index (χ0v) is 11.0. The molecular formula is C13H15ClN4. The van der Waals surface area contributed by atoms with Gasteiger partial charge in [-0.2, -0.15) is 0 Å². The van der Waals surface area contributed by atoms with Crippen molar-refractivity contribution in [3.8, 4) is 5.69 Å². The van der Waals surface area contributed by atoms with Crippen molar-refractivity contribution in [1.82, 2.24) is 20.3 Å². The van der Waals surface area contributed by atoms with Gasteiger partial charge < -0.3 is 5.32 Å². The number of hydrogen-bond acceptors (Lipinski definition) is 3. The lowest BCUT2D eigenvalue weighted by Crippen LogP contribution is -2.18. The first kappa shape index (κ1) is 11.7. The van der Waals surface area contributed by atoms with Gasteiger partial charge >= 0.3 is 0 Å². The standard InChI is InChI=1S/C13H15ClN4/c1-9-12(14)3-2-4-13(9)18-11(8-16-17-18)7-15-10-5-6-10/h2-4,8,10,15H,5-7H2,1H3. The molecule has 3 rings (SSSR count). The zero-order valence-electron chi connectivity index (χ0n) is 10.2. The SMILES string of the molecule is Cc1c(Cl)cccc1-n1nncc1CNC1CC1. The minimum atomic E-state index is 0.675. The van der Waals surface area contributed by atoms with Crippen LogP contribution in [0.25, 0.3) is 5.69 Å². The summed E-state index contributed by atoms with van der Waals surface area (Å²) in [5, 5.41) is 12.4. The fraction of sp³-hybridized carbons (Fsp3) is 0.385. The Balaban J connectivity index is 1.90. The van der Waals surface area contributed by atoms with E-state index < -0.39 is 0 Å². The highest BCUT2D eigenvalue weighted by Gasteiger charge is 2.21. The maximum absolute atomic E-state index is 6.14. The summed E-state index contributed by atoms with van der Waals surface area (Å²) in [5.41, 5.74) is 3.08. The van der Waals surface area contributed by atoms with Crippen LogP contribution in [0.2, 0.25) is 5.02 Å². The predicted molar refractivity (Wildman–Crippen MR) is 71.0 cm³/mol. The lowest BCUT2D eigenvalue weighted by atomic mass is 10.2. The van der Waals surface area contributed by atoms with Crippen LogP contribution in [0.4, 0.5) is 0 Å². The third-order valence-electron chi connectivity index (χ3n) is 3.24. The second-order valence-corrected chi connectivity index (χ2v) is 5.08. The molecule has 0 amide bonds. The normalized spacial score (nSPS) is 15.0. The molecule has 1 aromatic heterocycles. The largest absolute Gasteiger partial charge is 0.308 e. The number of rotatable bonds is 4. The van der Waals surface area contributed by atoms with E-state index in [-0.39, 0.29) is 0 Å². The smallest absolute Gasteiger partial charge is 0.0783 e. The average molecular weight is 263 g/mol. The molecule has 0 unspecified atom stereocenters. The number of nitrogens with zero attached hydrogens (tertiary/aromatic N) is 3. The molecule has 0 aliphatic heterocycles. The van der Waals surface area contributed by atoms with Crippen molar-refractivity contribution in [2.75, 3.05) is 0 Å². The van der Waals surface area contributed by atoms with Gasteiger partial charge in [-0.15, -0.1) is 5.10 Å². The molecule has 18 heavy (non-hydrogen) atoms. The van der Waals surface area contributed by atoms with E-state index in [1.165, 1.54) is 12.8 Å². The van der Waals surface area contributed by atoms with Gasteiger partial charge in [-0.25, -0.2) is 4.68 Å². The van der Waals surface area contributed by atoms with Crippen molar-refractivity contribution in [2.45, 2.75) is 32.4 Å². The third kappa shape index (κ3) is 2.26. The van der Waals surface area contributed by atoms with E-state index in [4.69, 9.17) is 11.6 Å². The lowest BCUT2D eigenvalue weighted by Gasteiger charge is -2.10. The molecule has 1 saturated carbocycles. The summed E-state index contributed by atoms with van der Waals surface area (Å²) in [6.07, 6.45) is 4.35. The monoisotopic (exact) mass is 262 g/mol. The summed E-state index contributed by atoms with van der Waals surface area (Å²) in [7, 11) is 0. The van der Waals surface area contributed by atoms with Crippen LogP contribution in [0.3, 0.4) is 0 Å². The van der Waals surface area contributed by atoms with Crippen LogP contribution < -0.4 is 5.32 Å². The van der Waals surface area contributed by atoms with E-state index in [0.29, 0.717) is 6.04 Å². The molecule has 94 valence electrons. The molecule has 1 aromatic carbocycles. The Bertz CT molecular complexity index is 560.